The number of carbonyl (C=O) groups excluding carboxylic acids is 3. The first kappa shape index (κ1) is 24.8. The number of amides is 3. The molecule has 1 fully saturated rings. The van der Waals surface area contributed by atoms with Crippen LogP contribution in [0.3, 0.4) is 0 Å². The van der Waals surface area contributed by atoms with Gasteiger partial charge in [-0.15, -0.1) is 0 Å². The Morgan fingerprint density at radius 2 is 1.79 bits per heavy atom. The molecule has 0 saturated carbocycles. The molecule has 0 spiro atoms. The normalized spacial score (nSPS) is 20.4. The summed E-state index contributed by atoms with van der Waals surface area (Å²) in [6, 6.07) is -4.00. The summed E-state index contributed by atoms with van der Waals surface area (Å²) in [5, 5.41) is 23.7. The van der Waals surface area contributed by atoms with Crippen molar-refractivity contribution in [1.29, 1.82) is 0 Å². The fraction of sp³-hybridized carbons (Fsp3) is 0.778. The van der Waals surface area contributed by atoms with Crippen LogP contribution in [0.15, 0.2) is 0 Å². The number of carboxylic acids is 1. The van der Waals surface area contributed by atoms with Crippen LogP contribution in [-0.2, 0) is 19.2 Å². The van der Waals surface area contributed by atoms with Crippen molar-refractivity contribution >= 4 is 23.7 Å². The average molecular weight is 415 g/mol. The van der Waals surface area contributed by atoms with E-state index in [0.29, 0.717) is 38.8 Å². The molecule has 0 aromatic heterocycles. The Kier molecular flexibility index (Phi) is 9.99. The van der Waals surface area contributed by atoms with Gasteiger partial charge in [0.25, 0.3) is 0 Å². The number of carboxylic acid groups (broad SMARTS) is 1. The van der Waals surface area contributed by atoms with E-state index in [1.54, 1.807) is 0 Å². The van der Waals surface area contributed by atoms with Crippen molar-refractivity contribution in [2.45, 2.75) is 76.2 Å². The number of carbonyl (C=O) groups is 4. The minimum atomic E-state index is -1.19. The van der Waals surface area contributed by atoms with Gasteiger partial charge in [-0.3, -0.25) is 14.4 Å². The van der Waals surface area contributed by atoms with E-state index < -0.39 is 54.0 Å². The third-order valence-corrected chi connectivity index (χ3v) is 4.95. The van der Waals surface area contributed by atoms with Crippen molar-refractivity contribution in [2.24, 2.45) is 11.5 Å². The lowest BCUT2D eigenvalue weighted by atomic mass is 10.1. The molecule has 3 amide bonds. The Morgan fingerprint density at radius 3 is 2.34 bits per heavy atom. The highest BCUT2D eigenvalue weighted by Gasteiger charge is 2.37. The third kappa shape index (κ3) is 7.26. The first-order valence-corrected chi connectivity index (χ1v) is 9.87. The third-order valence-electron chi connectivity index (χ3n) is 4.95. The summed E-state index contributed by atoms with van der Waals surface area (Å²) < 4.78 is 0. The quantitative estimate of drug-likeness (QED) is 0.207. The number of unbranched alkanes of at least 4 members (excludes halogenated alkanes) is 1. The molecule has 11 nitrogen and oxygen atoms in total. The molecule has 1 heterocycles. The van der Waals surface area contributed by atoms with Gasteiger partial charge in [0.1, 0.15) is 24.2 Å². The zero-order valence-electron chi connectivity index (χ0n) is 17.0. The molecule has 166 valence electrons. The maximum absolute atomic E-state index is 12.7. The molecule has 1 rings (SSSR count). The molecule has 0 aliphatic carbocycles. The second-order valence-electron chi connectivity index (χ2n) is 7.37. The molecule has 0 bridgehead atoms. The number of hydrogen-bond donors (Lipinski definition) is 6. The van der Waals surface area contributed by atoms with Gasteiger partial charge >= 0.3 is 5.97 Å². The monoisotopic (exact) mass is 415 g/mol. The minimum absolute atomic E-state index is 0.281. The van der Waals surface area contributed by atoms with E-state index >= 15 is 0 Å². The Balaban J connectivity index is 2.77. The second kappa shape index (κ2) is 11.7. The number of nitrogens with two attached hydrogens (primary N) is 2. The van der Waals surface area contributed by atoms with Gasteiger partial charge in [0.2, 0.25) is 17.7 Å². The Hall–Kier alpha value is -2.24. The summed E-state index contributed by atoms with van der Waals surface area (Å²) in [5.41, 5.74) is 11.1. The predicted octanol–water partition coefficient (Wildman–Crippen LogP) is -2.11. The second-order valence-corrected chi connectivity index (χ2v) is 7.37. The maximum Gasteiger partial charge on any atom is 0.326 e. The standard InChI is InChI=1S/C18H33N5O6/c1-10(17(27)23-9-5-7-13(23)18(28)29)21-15(25)12(6-3-4-8-19)22-16(26)14(20)11(2)24/h10-14,24H,3-9,19-20H2,1-2H3,(H,21,25)(H,22,26)(H,28,29). The number of likely N-dealkylation sites (tertiary alicyclic amines) is 1. The molecule has 8 N–H and O–H groups in total. The molecular weight excluding hydrogens is 382 g/mol. The summed E-state index contributed by atoms with van der Waals surface area (Å²) >= 11 is 0. The van der Waals surface area contributed by atoms with E-state index in [0.717, 1.165) is 0 Å². The first-order valence-electron chi connectivity index (χ1n) is 9.87. The van der Waals surface area contributed by atoms with E-state index in [4.69, 9.17) is 11.5 Å². The summed E-state index contributed by atoms with van der Waals surface area (Å²) in [5.74, 6) is -2.83. The molecule has 29 heavy (non-hydrogen) atoms. The van der Waals surface area contributed by atoms with Gasteiger partial charge in [0.15, 0.2) is 0 Å². The van der Waals surface area contributed by atoms with Crippen molar-refractivity contribution < 1.29 is 29.4 Å². The number of aliphatic hydroxyl groups is 1. The van der Waals surface area contributed by atoms with Crippen LogP contribution >= 0.6 is 0 Å². The molecule has 0 aromatic rings. The number of nitrogens with zero attached hydrogens (tertiary/aromatic N) is 1. The van der Waals surface area contributed by atoms with Gasteiger partial charge in [0.05, 0.1) is 6.10 Å². The van der Waals surface area contributed by atoms with E-state index in [1.807, 2.05) is 0 Å². The minimum Gasteiger partial charge on any atom is -0.480 e. The van der Waals surface area contributed by atoms with Crippen LogP contribution in [0.5, 0.6) is 0 Å². The Morgan fingerprint density at radius 1 is 1.14 bits per heavy atom. The van der Waals surface area contributed by atoms with Crippen LogP contribution in [0.25, 0.3) is 0 Å². The molecule has 1 aliphatic rings. The zero-order valence-corrected chi connectivity index (χ0v) is 17.0. The van der Waals surface area contributed by atoms with Crippen LogP contribution in [-0.4, -0.2) is 82.2 Å². The van der Waals surface area contributed by atoms with Gasteiger partial charge in [-0.05, 0) is 52.5 Å². The van der Waals surface area contributed by atoms with E-state index in [1.165, 1.54) is 18.7 Å². The summed E-state index contributed by atoms with van der Waals surface area (Å²) in [7, 11) is 0. The Labute approximate surface area is 170 Å². The highest BCUT2D eigenvalue weighted by Crippen LogP contribution is 2.18. The van der Waals surface area contributed by atoms with Crippen LogP contribution in [0.4, 0.5) is 0 Å². The summed E-state index contributed by atoms with van der Waals surface area (Å²) in [6.07, 6.45) is 1.35. The van der Waals surface area contributed by atoms with Crippen molar-refractivity contribution in [3.63, 3.8) is 0 Å². The molecule has 0 radical (unpaired) electrons. The number of rotatable bonds is 11. The lowest BCUT2D eigenvalue weighted by Crippen LogP contribution is -2.57. The topological polar surface area (TPSA) is 188 Å². The summed E-state index contributed by atoms with van der Waals surface area (Å²) in [6.45, 7) is 3.58. The number of nitrogens with one attached hydrogen (secondary N) is 2. The van der Waals surface area contributed by atoms with Crippen molar-refractivity contribution in [3.8, 4) is 0 Å². The molecule has 1 aliphatic heterocycles. The van der Waals surface area contributed by atoms with Gasteiger partial charge in [0, 0.05) is 6.54 Å². The van der Waals surface area contributed by atoms with Crippen LogP contribution < -0.4 is 22.1 Å². The largest absolute Gasteiger partial charge is 0.480 e. The Bertz CT molecular complexity index is 599. The number of hydrogen-bond acceptors (Lipinski definition) is 7. The smallest absolute Gasteiger partial charge is 0.326 e. The molecule has 11 heteroatoms. The molecule has 0 aromatic carbocycles. The van der Waals surface area contributed by atoms with Crippen LogP contribution in [0.2, 0.25) is 0 Å². The molecular formula is C18H33N5O6. The van der Waals surface area contributed by atoms with Crippen molar-refractivity contribution in [2.75, 3.05) is 13.1 Å². The molecule has 1 saturated heterocycles. The van der Waals surface area contributed by atoms with Crippen molar-refractivity contribution in [1.82, 2.24) is 15.5 Å². The maximum atomic E-state index is 12.7. The number of aliphatic hydroxyl groups excluding tert-OH is 1. The van der Waals surface area contributed by atoms with Gasteiger partial charge in [-0.25, -0.2) is 4.79 Å². The lowest BCUT2D eigenvalue weighted by Gasteiger charge is -2.27. The van der Waals surface area contributed by atoms with E-state index in [2.05, 4.69) is 10.6 Å². The van der Waals surface area contributed by atoms with E-state index in [9.17, 15) is 29.4 Å². The van der Waals surface area contributed by atoms with Crippen LogP contribution in [0.1, 0.15) is 46.0 Å². The predicted molar refractivity (Wildman–Crippen MR) is 104 cm³/mol. The molecule has 5 atom stereocenters. The highest BCUT2D eigenvalue weighted by molar-refractivity contribution is 5.94. The van der Waals surface area contributed by atoms with Gasteiger partial charge in [-0.2, -0.15) is 0 Å². The van der Waals surface area contributed by atoms with Gasteiger partial charge in [-0.1, -0.05) is 0 Å². The number of aliphatic carboxylic acids is 1. The summed E-state index contributed by atoms with van der Waals surface area (Å²) in [4.78, 5) is 49.9. The molecule has 5 unspecified atom stereocenters. The van der Waals surface area contributed by atoms with Gasteiger partial charge < -0.3 is 37.2 Å². The fourth-order valence-electron chi connectivity index (χ4n) is 3.16. The highest BCUT2D eigenvalue weighted by atomic mass is 16.4. The SMILES string of the molecule is CC(NC(=O)C(CCCCN)NC(=O)C(N)C(C)O)C(=O)N1CCCC1C(=O)O. The first-order chi connectivity index (χ1) is 13.6. The average Bonchev–Trinajstić information content (AvgIpc) is 3.15. The lowest BCUT2D eigenvalue weighted by molar-refractivity contribution is -0.149. The zero-order chi connectivity index (χ0) is 22.1. The van der Waals surface area contributed by atoms with E-state index in [-0.39, 0.29) is 6.42 Å². The fourth-order valence-corrected chi connectivity index (χ4v) is 3.16. The van der Waals surface area contributed by atoms with Crippen molar-refractivity contribution in [3.05, 3.63) is 0 Å². The van der Waals surface area contributed by atoms with Crippen LogP contribution in [0, 0.1) is 0 Å².